The Bertz CT molecular complexity index is 715. The van der Waals surface area contributed by atoms with Gasteiger partial charge in [-0.25, -0.2) is 4.79 Å². The maximum Gasteiger partial charge on any atom is 0.415 e. The Labute approximate surface area is 145 Å². The van der Waals surface area contributed by atoms with Crippen LogP contribution in [0, 0.1) is 5.92 Å². The number of rotatable bonds is 4. The summed E-state index contributed by atoms with van der Waals surface area (Å²) in [5.41, 5.74) is 0.705. The minimum atomic E-state index is -0.394. The number of ether oxygens (including phenoxy) is 1. The lowest BCUT2D eigenvalue weighted by Crippen LogP contribution is -2.32. The highest BCUT2D eigenvalue weighted by Gasteiger charge is 2.32. The Kier molecular flexibility index (Phi) is 5.20. The lowest BCUT2D eigenvalue weighted by atomic mass is 9.97. The fourth-order valence-corrected chi connectivity index (χ4v) is 3.19. The number of hydrogen-bond acceptors (Lipinski definition) is 4. The Hall–Kier alpha value is -2.27. The van der Waals surface area contributed by atoms with E-state index >= 15 is 0 Å². The van der Waals surface area contributed by atoms with Crippen LogP contribution in [-0.2, 0) is 0 Å². The molecule has 0 N–H and O–H groups in total. The van der Waals surface area contributed by atoms with Gasteiger partial charge in [-0.3, -0.25) is 4.79 Å². The summed E-state index contributed by atoms with van der Waals surface area (Å²) < 4.78 is 5.34. The molecular formula is C19H19NO3S. The number of thioether (sulfide) groups is 1. The van der Waals surface area contributed by atoms with Crippen molar-refractivity contribution in [3.63, 3.8) is 0 Å². The van der Waals surface area contributed by atoms with E-state index in [9.17, 15) is 9.59 Å². The van der Waals surface area contributed by atoms with Crippen LogP contribution in [0.2, 0.25) is 0 Å². The molecule has 0 aromatic heterocycles. The molecule has 1 aliphatic rings. The third-order valence-electron chi connectivity index (χ3n) is 4.14. The van der Waals surface area contributed by atoms with Crippen LogP contribution < -0.4 is 4.74 Å². The van der Waals surface area contributed by atoms with Crippen LogP contribution in [0.15, 0.2) is 59.5 Å². The number of carbonyl (C=O) groups excluding carboxylic acids is 2. The smallest absolute Gasteiger partial charge is 0.410 e. The topological polar surface area (TPSA) is 46.6 Å². The van der Waals surface area contributed by atoms with Gasteiger partial charge in [0.1, 0.15) is 5.75 Å². The number of hydrogen-bond donors (Lipinski definition) is 0. The minimum Gasteiger partial charge on any atom is -0.410 e. The standard InChI is InChI=1S/C19H19NO3S/c1-24-17-9-7-14(8-10-17)18(21)15-11-12-20(13-15)19(22)23-16-5-3-2-4-6-16/h2-10,15H,11-13H2,1H3. The molecule has 0 aliphatic carbocycles. The zero-order chi connectivity index (χ0) is 16.9. The molecule has 1 atom stereocenters. The third kappa shape index (κ3) is 3.79. The van der Waals surface area contributed by atoms with E-state index in [1.807, 2.05) is 48.7 Å². The maximum atomic E-state index is 12.6. The normalized spacial score (nSPS) is 16.9. The van der Waals surface area contributed by atoms with E-state index in [-0.39, 0.29) is 11.7 Å². The summed E-state index contributed by atoms with van der Waals surface area (Å²) in [5, 5.41) is 0. The molecule has 2 aromatic rings. The maximum absolute atomic E-state index is 12.6. The van der Waals surface area contributed by atoms with Gasteiger partial charge in [0.2, 0.25) is 0 Å². The van der Waals surface area contributed by atoms with Gasteiger partial charge in [-0.2, -0.15) is 0 Å². The van der Waals surface area contributed by atoms with Crippen LogP contribution >= 0.6 is 11.8 Å². The summed E-state index contributed by atoms with van der Waals surface area (Å²) >= 11 is 1.65. The molecule has 1 saturated heterocycles. The van der Waals surface area contributed by atoms with Crippen molar-refractivity contribution in [3.05, 3.63) is 60.2 Å². The molecule has 1 amide bonds. The van der Waals surface area contributed by atoms with Crippen molar-refractivity contribution >= 4 is 23.6 Å². The number of carbonyl (C=O) groups is 2. The lowest BCUT2D eigenvalue weighted by molar-refractivity contribution is 0.0922. The second kappa shape index (κ2) is 7.53. The zero-order valence-corrected chi connectivity index (χ0v) is 14.3. The average molecular weight is 341 g/mol. The van der Waals surface area contributed by atoms with E-state index < -0.39 is 6.09 Å². The molecule has 2 aromatic carbocycles. The van der Waals surface area contributed by atoms with E-state index in [2.05, 4.69) is 0 Å². The van der Waals surface area contributed by atoms with Crippen LogP contribution in [0.5, 0.6) is 5.75 Å². The first-order valence-corrected chi connectivity index (χ1v) is 9.10. The quantitative estimate of drug-likeness (QED) is 0.620. The van der Waals surface area contributed by atoms with Crippen LogP contribution in [0.4, 0.5) is 4.79 Å². The predicted molar refractivity (Wildman–Crippen MR) is 94.7 cm³/mol. The number of para-hydroxylation sites is 1. The first kappa shape index (κ1) is 16.6. The van der Waals surface area contributed by atoms with Crippen molar-refractivity contribution in [2.75, 3.05) is 19.3 Å². The number of nitrogens with zero attached hydrogens (tertiary/aromatic N) is 1. The third-order valence-corrected chi connectivity index (χ3v) is 4.88. The first-order chi connectivity index (χ1) is 11.7. The number of ketones is 1. The fourth-order valence-electron chi connectivity index (χ4n) is 2.78. The van der Waals surface area contributed by atoms with Gasteiger partial charge in [0.15, 0.2) is 5.78 Å². The van der Waals surface area contributed by atoms with Gasteiger partial charge < -0.3 is 9.64 Å². The Balaban J connectivity index is 1.59. The molecule has 1 fully saturated rings. The molecule has 1 unspecified atom stereocenters. The summed E-state index contributed by atoms with van der Waals surface area (Å²) in [6, 6.07) is 16.6. The van der Waals surface area contributed by atoms with Gasteiger partial charge in [-0.15, -0.1) is 11.8 Å². The van der Waals surface area contributed by atoms with E-state index in [1.165, 1.54) is 0 Å². The highest BCUT2D eigenvalue weighted by molar-refractivity contribution is 7.98. The zero-order valence-electron chi connectivity index (χ0n) is 13.5. The van der Waals surface area contributed by atoms with Crippen LogP contribution in [0.3, 0.4) is 0 Å². The molecule has 1 heterocycles. The van der Waals surface area contributed by atoms with Gasteiger partial charge in [-0.1, -0.05) is 30.3 Å². The van der Waals surface area contributed by atoms with Crippen molar-refractivity contribution in [1.29, 1.82) is 0 Å². The molecule has 5 heteroatoms. The second-order valence-electron chi connectivity index (χ2n) is 5.71. The highest BCUT2D eigenvalue weighted by atomic mass is 32.2. The second-order valence-corrected chi connectivity index (χ2v) is 6.59. The van der Waals surface area contributed by atoms with Crippen molar-refractivity contribution in [2.45, 2.75) is 11.3 Å². The monoisotopic (exact) mass is 341 g/mol. The van der Waals surface area contributed by atoms with Crippen molar-refractivity contribution < 1.29 is 14.3 Å². The van der Waals surface area contributed by atoms with Gasteiger partial charge in [0, 0.05) is 29.5 Å². The molecule has 1 aliphatic heterocycles. The van der Waals surface area contributed by atoms with Crippen LogP contribution in [0.25, 0.3) is 0 Å². The Morgan fingerprint density at radius 3 is 2.46 bits per heavy atom. The molecule has 124 valence electrons. The summed E-state index contributed by atoms with van der Waals surface area (Å²) in [7, 11) is 0. The largest absolute Gasteiger partial charge is 0.415 e. The van der Waals surface area contributed by atoms with Crippen LogP contribution in [-0.4, -0.2) is 36.1 Å². The van der Waals surface area contributed by atoms with E-state index in [4.69, 9.17) is 4.74 Å². The molecule has 3 rings (SSSR count). The minimum absolute atomic E-state index is 0.0951. The molecule has 4 nitrogen and oxygen atoms in total. The number of Topliss-reactive ketones (excluding diaryl/α,β-unsaturated/α-hetero) is 1. The molecule has 0 spiro atoms. The van der Waals surface area contributed by atoms with E-state index in [0.717, 1.165) is 4.90 Å². The predicted octanol–water partition coefficient (Wildman–Crippen LogP) is 4.11. The van der Waals surface area contributed by atoms with Crippen molar-refractivity contribution in [1.82, 2.24) is 4.90 Å². The molecule has 0 saturated carbocycles. The first-order valence-electron chi connectivity index (χ1n) is 7.87. The van der Waals surface area contributed by atoms with Crippen LogP contribution in [0.1, 0.15) is 16.8 Å². The number of likely N-dealkylation sites (tertiary alicyclic amines) is 1. The Morgan fingerprint density at radius 2 is 1.79 bits per heavy atom. The highest BCUT2D eigenvalue weighted by Crippen LogP contribution is 2.23. The SMILES string of the molecule is CSc1ccc(C(=O)C2CCN(C(=O)Oc3ccccc3)C2)cc1. The van der Waals surface area contributed by atoms with Gasteiger partial charge in [0.25, 0.3) is 0 Å². The van der Waals surface area contributed by atoms with Crippen molar-refractivity contribution in [2.24, 2.45) is 5.92 Å². The van der Waals surface area contributed by atoms with E-state index in [1.54, 1.807) is 28.8 Å². The molecular weight excluding hydrogens is 322 g/mol. The fraction of sp³-hybridized carbons (Fsp3) is 0.263. The van der Waals surface area contributed by atoms with Gasteiger partial charge in [-0.05, 0) is 36.9 Å². The molecule has 0 bridgehead atoms. The van der Waals surface area contributed by atoms with E-state index in [0.29, 0.717) is 30.8 Å². The van der Waals surface area contributed by atoms with Crippen molar-refractivity contribution in [3.8, 4) is 5.75 Å². The average Bonchev–Trinajstić information content (AvgIpc) is 3.12. The number of amides is 1. The molecule has 0 radical (unpaired) electrons. The summed E-state index contributed by atoms with van der Waals surface area (Å²) in [6.07, 6.45) is 2.28. The van der Waals surface area contributed by atoms with Gasteiger partial charge in [0.05, 0.1) is 0 Å². The summed E-state index contributed by atoms with van der Waals surface area (Å²) in [5.74, 6) is 0.455. The lowest BCUT2D eigenvalue weighted by Gasteiger charge is -2.16. The number of benzene rings is 2. The summed E-state index contributed by atoms with van der Waals surface area (Å²) in [4.78, 5) is 27.5. The summed E-state index contributed by atoms with van der Waals surface area (Å²) in [6.45, 7) is 0.958. The van der Waals surface area contributed by atoms with Gasteiger partial charge >= 0.3 is 6.09 Å². The molecule has 24 heavy (non-hydrogen) atoms. The Morgan fingerprint density at radius 1 is 1.08 bits per heavy atom.